The average molecular weight is 316 g/mol. The second kappa shape index (κ2) is 8.63. The van der Waals surface area contributed by atoms with Gasteiger partial charge in [0.15, 0.2) is 0 Å². The topological polar surface area (TPSA) is 49.6 Å². The molecule has 0 N–H and O–H groups in total. The van der Waals surface area contributed by atoms with E-state index in [0.717, 1.165) is 22.5 Å². The first-order chi connectivity index (χ1) is 9.93. The molecule has 0 aliphatic rings. The maximum atomic E-state index is 6.25. The van der Waals surface area contributed by atoms with Crippen molar-refractivity contribution in [1.29, 1.82) is 5.26 Å². The molecule has 1 aromatic carbocycles. The van der Waals surface area contributed by atoms with Crippen LogP contribution in [0, 0.1) is 17.9 Å². The fourth-order valence-electron chi connectivity index (χ4n) is 1.81. The van der Waals surface area contributed by atoms with Gasteiger partial charge in [-0.15, -0.1) is 24.3 Å². The van der Waals surface area contributed by atoms with Crippen molar-refractivity contribution < 1.29 is 16.5 Å². The summed E-state index contributed by atoms with van der Waals surface area (Å²) in [6.07, 6.45) is 3.58. The van der Waals surface area contributed by atoms with Crippen molar-refractivity contribution in [2.45, 2.75) is 0 Å². The zero-order valence-electron chi connectivity index (χ0n) is 11.0. The van der Waals surface area contributed by atoms with Gasteiger partial charge in [-0.3, -0.25) is 9.97 Å². The first-order valence-corrected chi connectivity index (χ1v) is 6.01. The van der Waals surface area contributed by atoms with Gasteiger partial charge in [-0.05, 0) is 12.1 Å². The molecule has 104 valence electrons. The Bertz CT molecular complexity index is 627. The summed E-state index contributed by atoms with van der Waals surface area (Å²) in [5, 5.41) is 6.25. The molecule has 21 heavy (non-hydrogen) atoms. The molecule has 3 nitrogen and oxygen atoms in total. The van der Waals surface area contributed by atoms with Gasteiger partial charge in [-0.1, -0.05) is 35.4 Å². The Morgan fingerprint density at radius 2 is 1.19 bits per heavy atom. The number of pyridine rings is 2. The normalized spacial score (nSPS) is 8.86. The summed E-state index contributed by atoms with van der Waals surface area (Å²) in [6, 6.07) is 21.1. The van der Waals surface area contributed by atoms with Crippen LogP contribution in [-0.2, 0) is 16.5 Å². The van der Waals surface area contributed by atoms with Crippen molar-refractivity contribution in [3.63, 3.8) is 0 Å². The molecule has 3 aromatic rings. The van der Waals surface area contributed by atoms with Crippen LogP contribution in [0.2, 0.25) is 0 Å². The monoisotopic (exact) mass is 315 g/mol. The molecule has 0 spiro atoms. The van der Waals surface area contributed by atoms with Gasteiger partial charge in [-0.2, -0.15) is 0 Å². The van der Waals surface area contributed by atoms with Crippen molar-refractivity contribution in [3.05, 3.63) is 79.6 Å². The Kier molecular flexibility index (Phi) is 6.80. The maximum absolute atomic E-state index is 6.25. The third-order valence-corrected chi connectivity index (χ3v) is 2.68. The van der Waals surface area contributed by atoms with Crippen LogP contribution in [0.25, 0.3) is 22.5 Å². The zero-order chi connectivity index (χ0) is 14.2. The van der Waals surface area contributed by atoms with Crippen molar-refractivity contribution in [1.82, 2.24) is 9.97 Å². The standard InChI is InChI=1S/C16H11N2.CN.Ni/c1-3-10-17-15(8-1)13-6-5-7-14(12-13)16-9-2-4-11-18-16;1-2;/h1-11H;;/q2*-1;+2. The van der Waals surface area contributed by atoms with Crippen molar-refractivity contribution in [3.8, 4) is 22.5 Å². The number of aromatic nitrogens is 2. The van der Waals surface area contributed by atoms with Gasteiger partial charge in [0.2, 0.25) is 0 Å². The number of nitrogens with zero attached hydrogens (tertiary/aromatic N) is 3. The summed E-state index contributed by atoms with van der Waals surface area (Å²) in [5.41, 5.74) is 3.82. The molecule has 0 radical (unpaired) electrons. The minimum atomic E-state index is 0. The van der Waals surface area contributed by atoms with E-state index < -0.39 is 0 Å². The molecule has 2 heterocycles. The van der Waals surface area contributed by atoms with Gasteiger partial charge in [0, 0.05) is 23.8 Å². The van der Waals surface area contributed by atoms with Crippen molar-refractivity contribution in [2.75, 3.05) is 0 Å². The first kappa shape index (κ1) is 16.6. The molecule has 0 amide bonds. The summed E-state index contributed by atoms with van der Waals surface area (Å²) in [6.45, 7) is 4.75. The minimum Gasteiger partial charge on any atom is -0.512 e. The first-order valence-electron chi connectivity index (χ1n) is 6.01. The summed E-state index contributed by atoms with van der Waals surface area (Å²) in [4.78, 5) is 8.66. The summed E-state index contributed by atoms with van der Waals surface area (Å²) in [5.74, 6) is 0. The second-order valence-corrected chi connectivity index (χ2v) is 3.91. The predicted octanol–water partition coefficient (Wildman–Crippen LogP) is 3.70. The van der Waals surface area contributed by atoms with Crippen molar-refractivity contribution in [2.24, 2.45) is 0 Å². The Morgan fingerprint density at radius 3 is 1.57 bits per heavy atom. The van der Waals surface area contributed by atoms with E-state index >= 15 is 0 Å². The molecule has 0 atom stereocenters. The predicted molar refractivity (Wildman–Crippen MR) is 76.7 cm³/mol. The van der Waals surface area contributed by atoms with Crippen LogP contribution >= 0.6 is 0 Å². The molecular formula is C17H11N3Ni. The van der Waals surface area contributed by atoms with E-state index in [2.05, 4.69) is 16.0 Å². The largest absolute Gasteiger partial charge is 2.00 e. The van der Waals surface area contributed by atoms with Crippen molar-refractivity contribution >= 4 is 0 Å². The molecule has 3 rings (SSSR count). The molecule has 0 bridgehead atoms. The molecular weight excluding hydrogens is 305 g/mol. The quantitative estimate of drug-likeness (QED) is 0.535. The molecule has 0 fully saturated rings. The molecule has 0 saturated carbocycles. The van der Waals surface area contributed by atoms with Gasteiger partial charge in [0.05, 0.1) is 0 Å². The minimum absolute atomic E-state index is 0. The van der Waals surface area contributed by atoms with Crippen LogP contribution in [0.3, 0.4) is 0 Å². The van der Waals surface area contributed by atoms with E-state index in [1.807, 2.05) is 54.6 Å². The van der Waals surface area contributed by atoms with Gasteiger partial charge in [0.1, 0.15) is 0 Å². The molecule has 0 aliphatic carbocycles. The third-order valence-electron chi connectivity index (χ3n) is 2.68. The van der Waals surface area contributed by atoms with Crippen LogP contribution < -0.4 is 0 Å². The molecule has 0 unspecified atom stereocenters. The molecule has 2 aromatic heterocycles. The van der Waals surface area contributed by atoms with E-state index in [1.165, 1.54) is 0 Å². The number of hydrogen-bond donors (Lipinski definition) is 0. The zero-order valence-corrected chi connectivity index (χ0v) is 12.0. The van der Waals surface area contributed by atoms with Crippen LogP contribution in [0.15, 0.2) is 67.0 Å². The number of rotatable bonds is 2. The number of benzene rings is 1. The molecule has 4 heteroatoms. The Balaban J connectivity index is 0.000000706. The van der Waals surface area contributed by atoms with E-state index in [0.29, 0.717) is 0 Å². The van der Waals surface area contributed by atoms with Gasteiger partial charge in [-0.25, -0.2) is 0 Å². The SMILES string of the molecule is [C-]#N.[Ni+2].[c-]1c(-c2ccccn2)cccc1-c1ccccn1. The van der Waals surface area contributed by atoms with Crippen LogP contribution in [-0.4, -0.2) is 9.97 Å². The van der Waals surface area contributed by atoms with Crippen LogP contribution in [0.4, 0.5) is 0 Å². The van der Waals surface area contributed by atoms with E-state index in [-0.39, 0.29) is 16.5 Å². The van der Waals surface area contributed by atoms with Gasteiger partial charge >= 0.3 is 16.5 Å². The Hall–Kier alpha value is -2.50. The number of hydrogen-bond acceptors (Lipinski definition) is 3. The summed E-state index contributed by atoms with van der Waals surface area (Å²) >= 11 is 0. The average Bonchev–Trinajstić information content (AvgIpc) is 2.58. The maximum Gasteiger partial charge on any atom is 2.00 e. The van der Waals surface area contributed by atoms with Gasteiger partial charge < -0.3 is 11.8 Å². The van der Waals surface area contributed by atoms with E-state index in [9.17, 15) is 0 Å². The summed E-state index contributed by atoms with van der Waals surface area (Å²) < 4.78 is 0. The fourth-order valence-corrected chi connectivity index (χ4v) is 1.81. The molecule has 0 aliphatic heterocycles. The smallest absolute Gasteiger partial charge is 0.512 e. The Morgan fingerprint density at radius 1 is 0.714 bits per heavy atom. The van der Waals surface area contributed by atoms with E-state index in [4.69, 9.17) is 11.8 Å². The third kappa shape index (κ3) is 4.24. The Labute approximate surface area is 134 Å². The molecule has 0 saturated heterocycles. The van der Waals surface area contributed by atoms with Crippen LogP contribution in [0.1, 0.15) is 0 Å². The fraction of sp³-hybridized carbons (Fsp3) is 0. The van der Waals surface area contributed by atoms with Gasteiger partial charge in [0.25, 0.3) is 0 Å². The van der Waals surface area contributed by atoms with Crippen LogP contribution in [0.5, 0.6) is 0 Å². The summed E-state index contributed by atoms with van der Waals surface area (Å²) in [7, 11) is 0. The second-order valence-electron chi connectivity index (χ2n) is 3.91. The van der Waals surface area contributed by atoms with E-state index in [1.54, 1.807) is 12.4 Å².